The Labute approximate surface area is 290 Å². The molecule has 9 nitrogen and oxygen atoms in total. The Morgan fingerprint density at radius 3 is 2.62 bits per heavy atom. The van der Waals surface area contributed by atoms with Crippen molar-refractivity contribution in [2.24, 2.45) is 5.92 Å². The summed E-state index contributed by atoms with van der Waals surface area (Å²) in [5.74, 6) is 0.340. The molecule has 0 N–H and O–H groups in total. The maximum absolute atomic E-state index is 14.6. The number of pyridine rings is 1. The number of likely N-dealkylation sites (tertiary alicyclic amines) is 1. The Hall–Kier alpha value is -2.95. The molecule has 2 aliphatic heterocycles. The number of hydrogen-bond acceptors (Lipinski definition) is 6. The minimum absolute atomic E-state index is 0.00995. The second kappa shape index (κ2) is 14.3. The van der Waals surface area contributed by atoms with Crippen LogP contribution in [0.1, 0.15) is 79.1 Å². The molecule has 4 heterocycles. The van der Waals surface area contributed by atoms with E-state index in [4.69, 9.17) is 21.3 Å². The van der Waals surface area contributed by atoms with Crippen LogP contribution >= 0.6 is 27.5 Å². The number of imidazole rings is 1. The summed E-state index contributed by atoms with van der Waals surface area (Å²) in [5, 5.41) is 0.719. The molecule has 2 aliphatic carbocycles. The van der Waals surface area contributed by atoms with Gasteiger partial charge in [0, 0.05) is 61.2 Å². The first kappa shape index (κ1) is 32.6. The van der Waals surface area contributed by atoms with Gasteiger partial charge in [-0.25, -0.2) is 9.78 Å². The van der Waals surface area contributed by atoms with Gasteiger partial charge in [-0.05, 0) is 115 Å². The number of hydrogen-bond donors (Lipinski definition) is 0. The van der Waals surface area contributed by atoms with Crippen molar-refractivity contribution in [2.75, 3.05) is 32.7 Å². The molecule has 3 fully saturated rings. The van der Waals surface area contributed by atoms with Crippen molar-refractivity contribution in [3.05, 3.63) is 80.6 Å². The number of carbonyl (C=O) groups excluding carboxylic acids is 2. The van der Waals surface area contributed by atoms with Crippen molar-refractivity contribution in [1.82, 2.24) is 29.2 Å². The number of ether oxygens (including phenoxy) is 1. The molecule has 3 atom stereocenters. The second-order valence-corrected chi connectivity index (χ2v) is 15.1. The van der Waals surface area contributed by atoms with E-state index in [-0.39, 0.29) is 24.1 Å². The maximum Gasteiger partial charge on any atom is 0.410 e. The first-order chi connectivity index (χ1) is 22.8. The van der Waals surface area contributed by atoms with Gasteiger partial charge < -0.3 is 14.2 Å². The average Bonchev–Trinajstić information content (AvgIpc) is 3.42. The molecule has 1 aromatic carbocycles. The van der Waals surface area contributed by atoms with Crippen molar-refractivity contribution < 1.29 is 14.3 Å². The third-order valence-electron chi connectivity index (χ3n) is 10.5. The summed E-state index contributed by atoms with van der Waals surface area (Å²) in [4.78, 5) is 43.9. The molecule has 2 saturated heterocycles. The number of aryl methyl sites for hydroxylation is 3. The van der Waals surface area contributed by atoms with Crippen molar-refractivity contribution >= 4 is 39.5 Å². The van der Waals surface area contributed by atoms with Gasteiger partial charge in [0.05, 0.1) is 23.8 Å². The molecule has 0 radical (unpaired) electrons. The number of fused-ring (bicyclic) bond motifs is 2. The van der Waals surface area contributed by atoms with Gasteiger partial charge in [0.1, 0.15) is 12.1 Å². The molecule has 250 valence electrons. The fraction of sp³-hybridized carbons (Fsp3) is 0.556. The van der Waals surface area contributed by atoms with Crippen LogP contribution in [0, 0.1) is 12.8 Å². The summed E-state index contributed by atoms with van der Waals surface area (Å²) in [5.41, 5.74) is 5.56. The number of piperazine rings is 1. The van der Waals surface area contributed by atoms with Crippen LogP contribution in [0.15, 0.2) is 47.5 Å². The Morgan fingerprint density at radius 2 is 1.81 bits per heavy atom. The highest BCUT2D eigenvalue weighted by Gasteiger charge is 2.43. The highest BCUT2D eigenvalue weighted by atomic mass is 79.9. The standard InChI is InChI=1S/C36H44BrClN6O3/c1-24-19-41(23-40-24)20-25-6-5-13-43(21-25)35(45)32-22-42(14-15-44(32)36(46)47-30-7-3-2-4-8-30)34-31-12-11-29(38)17-26(31)9-10-27-16-28(37)18-39-33(27)34/h11-12,16-19,23,25,30,32,34H,2-10,13-15,20-22H2,1H3/t25-,32-,34?/m1/s1. The molecule has 0 spiro atoms. The molecule has 11 heteroatoms. The summed E-state index contributed by atoms with van der Waals surface area (Å²) in [6, 6.07) is 7.51. The summed E-state index contributed by atoms with van der Waals surface area (Å²) in [7, 11) is 0. The van der Waals surface area contributed by atoms with Crippen LogP contribution in [0.5, 0.6) is 0 Å². The van der Waals surface area contributed by atoms with Crippen molar-refractivity contribution in [1.29, 1.82) is 0 Å². The Balaban J connectivity index is 1.18. The summed E-state index contributed by atoms with van der Waals surface area (Å²) >= 11 is 10.1. The fourth-order valence-corrected chi connectivity index (χ4v) is 8.71. The first-order valence-electron chi connectivity index (χ1n) is 17.2. The average molecular weight is 724 g/mol. The normalized spacial score (nSPS) is 23.9. The molecule has 0 bridgehead atoms. The second-order valence-electron chi connectivity index (χ2n) is 13.8. The Bertz CT molecular complexity index is 1560. The number of benzene rings is 1. The SMILES string of the molecule is Cc1cn(C[C@H]2CCCN(C(=O)[C@H]3CN(C4c5ccc(Cl)cc5CCc5cc(Br)cnc54)CCN3C(=O)OC3CCCCC3)C2)cn1. The van der Waals surface area contributed by atoms with Crippen LogP contribution in [-0.2, 0) is 28.9 Å². The molecule has 2 aromatic heterocycles. The number of nitrogens with zero attached hydrogens (tertiary/aromatic N) is 6. The molecule has 7 rings (SSSR count). The van der Waals surface area contributed by atoms with E-state index in [1.54, 1.807) is 4.90 Å². The van der Waals surface area contributed by atoms with E-state index >= 15 is 0 Å². The topological polar surface area (TPSA) is 83.8 Å². The molecule has 3 aromatic rings. The van der Waals surface area contributed by atoms with E-state index in [0.717, 1.165) is 78.8 Å². The van der Waals surface area contributed by atoms with E-state index in [2.05, 4.69) is 54.8 Å². The van der Waals surface area contributed by atoms with Crippen LogP contribution in [0.2, 0.25) is 5.02 Å². The van der Waals surface area contributed by atoms with Crippen LogP contribution in [0.3, 0.4) is 0 Å². The Kier molecular flexibility index (Phi) is 9.89. The first-order valence-corrected chi connectivity index (χ1v) is 18.4. The van der Waals surface area contributed by atoms with Crippen molar-refractivity contribution in [3.63, 3.8) is 0 Å². The van der Waals surface area contributed by atoms with Crippen molar-refractivity contribution in [3.8, 4) is 0 Å². The van der Waals surface area contributed by atoms with Gasteiger partial charge in [-0.1, -0.05) is 24.1 Å². The summed E-state index contributed by atoms with van der Waals surface area (Å²) < 4.78 is 9.18. The van der Waals surface area contributed by atoms with Gasteiger partial charge >= 0.3 is 6.09 Å². The van der Waals surface area contributed by atoms with E-state index < -0.39 is 6.04 Å². The largest absolute Gasteiger partial charge is 0.446 e. The minimum atomic E-state index is -0.646. The van der Waals surface area contributed by atoms with Gasteiger partial charge in [-0.2, -0.15) is 0 Å². The number of aromatic nitrogens is 3. The van der Waals surface area contributed by atoms with Gasteiger partial charge in [0.25, 0.3) is 0 Å². The predicted molar refractivity (Wildman–Crippen MR) is 184 cm³/mol. The zero-order chi connectivity index (χ0) is 32.5. The van der Waals surface area contributed by atoms with E-state index in [1.165, 1.54) is 23.1 Å². The van der Waals surface area contributed by atoms with E-state index in [1.807, 2.05) is 30.4 Å². The molecule has 2 amide bonds. The fourth-order valence-electron chi connectivity index (χ4n) is 8.14. The minimum Gasteiger partial charge on any atom is -0.446 e. The zero-order valence-electron chi connectivity index (χ0n) is 27.1. The number of rotatable bonds is 5. The highest BCUT2D eigenvalue weighted by molar-refractivity contribution is 9.10. The summed E-state index contributed by atoms with van der Waals surface area (Å²) in [6.45, 7) is 5.62. The number of halogens is 2. The summed E-state index contributed by atoms with van der Waals surface area (Å²) in [6.07, 6.45) is 14.2. The maximum atomic E-state index is 14.6. The third kappa shape index (κ3) is 7.25. The molecular weight excluding hydrogens is 680 g/mol. The molecule has 4 aliphatic rings. The van der Waals surface area contributed by atoms with Gasteiger partial charge in [0.2, 0.25) is 5.91 Å². The van der Waals surface area contributed by atoms with Crippen LogP contribution in [-0.4, -0.2) is 86.1 Å². The zero-order valence-corrected chi connectivity index (χ0v) is 29.5. The molecular formula is C36H44BrClN6O3. The lowest BCUT2D eigenvalue weighted by molar-refractivity contribution is -0.141. The van der Waals surface area contributed by atoms with Crippen LogP contribution in [0.25, 0.3) is 0 Å². The highest BCUT2D eigenvalue weighted by Crippen LogP contribution is 2.39. The van der Waals surface area contributed by atoms with E-state index in [0.29, 0.717) is 38.6 Å². The van der Waals surface area contributed by atoms with Gasteiger partial charge in [0.15, 0.2) is 0 Å². The predicted octanol–water partition coefficient (Wildman–Crippen LogP) is 6.58. The smallest absolute Gasteiger partial charge is 0.410 e. The number of piperidine rings is 1. The quantitative estimate of drug-likeness (QED) is 0.296. The number of carbonyl (C=O) groups is 2. The monoisotopic (exact) mass is 722 g/mol. The molecule has 47 heavy (non-hydrogen) atoms. The lowest BCUT2D eigenvalue weighted by Gasteiger charge is -2.45. The van der Waals surface area contributed by atoms with E-state index in [9.17, 15) is 9.59 Å². The number of amides is 2. The lowest BCUT2D eigenvalue weighted by atomic mass is 9.94. The third-order valence-corrected chi connectivity index (χ3v) is 11.1. The van der Waals surface area contributed by atoms with Crippen LogP contribution in [0.4, 0.5) is 4.79 Å². The lowest BCUT2D eigenvalue weighted by Crippen LogP contribution is -2.62. The molecule has 1 saturated carbocycles. The van der Waals surface area contributed by atoms with Gasteiger partial charge in [-0.3, -0.25) is 19.6 Å². The van der Waals surface area contributed by atoms with Gasteiger partial charge in [-0.15, -0.1) is 0 Å². The van der Waals surface area contributed by atoms with Crippen LogP contribution < -0.4 is 0 Å². The van der Waals surface area contributed by atoms with Crippen molar-refractivity contribution in [2.45, 2.75) is 89.4 Å². The molecule has 1 unspecified atom stereocenters. The Morgan fingerprint density at radius 1 is 0.979 bits per heavy atom.